The minimum absolute atomic E-state index is 0.0000921. The number of ether oxygens (including phenoxy) is 2. The molecule has 2 aromatic rings. The summed E-state index contributed by atoms with van der Waals surface area (Å²) >= 11 is 6.04. The van der Waals surface area contributed by atoms with Gasteiger partial charge in [0.25, 0.3) is 0 Å². The van der Waals surface area contributed by atoms with Crippen LogP contribution < -0.4 is 14.2 Å². The van der Waals surface area contributed by atoms with Gasteiger partial charge in [0.2, 0.25) is 12.3 Å². The molecule has 1 unspecified atom stereocenters. The Hall–Kier alpha value is -2.94. The summed E-state index contributed by atoms with van der Waals surface area (Å²) in [6, 6.07) is 5.18. The van der Waals surface area contributed by atoms with Crippen LogP contribution >= 0.6 is 11.6 Å². The van der Waals surface area contributed by atoms with E-state index in [-0.39, 0.29) is 27.8 Å². The summed E-state index contributed by atoms with van der Waals surface area (Å²) in [5, 5.41) is 20.2. The van der Waals surface area contributed by atoms with Crippen molar-refractivity contribution in [2.75, 3.05) is 0 Å². The lowest BCUT2D eigenvalue weighted by atomic mass is 10.0. The molecule has 136 valence electrons. The topological polar surface area (TPSA) is 82.7 Å². The van der Waals surface area contributed by atoms with Gasteiger partial charge in [-0.3, -0.25) is 0 Å². The number of aliphatic carboxylic acids is 1. The minimum atomic E-state index is -4.92. The fourth-order valence-corrected chi connectivity index (χ4v) is 2.53. The van der Waals surface area contributed by atoms with Gasteiger partial charge in [-0.25, -0.2) is 4.79 Å². The predicted molar refractivity (Wildman–Crippen MR) is 83.0 cm³/mol. The lowest BCUT2D eigenvalue weighted by molar-refractivity contribution is -0.605. The highest BCUT2D eigenvalue weighted by molar-refractivity contribution is 6.32. The summed E-state index contributed by atoms with van der Waals surface area (Å²) in [6.07, 6.45) is -4.38. The van der Waals surface area contributed by atoms with Gasteiger partial charge in [0.05, 0.1) is 10.6 Å². The third-order valence-electron chi connectivity index (χ3n) is 3.42. The van der Waals surface area contributed by atoms with Crippen molar-refractivity contribution in [1.82, 2.24) is 0 Å². The average Bonchev–Trinajstić information content (AvgIpc) is 2.53. The lowest BCUT2D eigenvalue weighted by Crippen LogP contribution is -2.40. The van der Waals surface area contributed by atoms with E-state index < -0.39 is 23.8 Å². The van der Waals surface area contributed by atoms with Crippen molar-refractivity contribution in [1.29, 1.82) is 0 Å². The number of rotatable bonds is 3. The van der Waals surface area contributed by atoms with Crippen molar-refractivity contribution in [3.8, 4) is 17.2 Å². The summed E-state index contributed by atoms with van der Waals surface area (Å²) in [5.41, 5.74) is -0.891. The zero-order valence-electron chi connectivity index (χ0n) is 12.7. The Kier molecular flexibility index (Phi) is 4.41. The van der Waals surface area contributed by atoms with Gasteiger partial charge in [0, 0.05) is 17.7 Å². The number of alkyl halides is 3. The second-order valence-electron chi connectivity index (χ2n) is 5.27. The first-order valence-corrected chi connectivity index (χ1v) is 7.41. The SMILES string of the molecule is O=C(O)C1=Cc2cc(Cl)c(Oc3ccc[n+]([O-])c3)cc2OC1C(F)(F)F. The van der Waals surface area contributed by atoms with Gasteiger partial charge in [-0.1, -0.05) is 11.6 Å². The van der Waals surface area contributed by atoms with E-state index >= 15 is 0 Å². The molecule has 0 bridgehead atoms. The molecule has 1 aromatic heterocycles. The second-order valence-corrected chi connectivity index (χ2v) is 5.67. The molecule has 6 nitrogen and oxygen atoms in total. The summed E-state index contributed by atoms with van der Waals surface area (Å²) < 4.78 is 50.0. The number of fused-ring (bicyclic) bond motifs is 1. The van der Waals surface area contributed by atoms with Crippen molar-refractivity contribution >= 4 is 23.6 Å². The molecule has 1 aliphatic rings. The first-order valence-electron chi connectivity index (χ1n) is 7.03. The third-order valence-corrected chi connectivity index (χ3v) is 3.72. The number of hydrogen-bond donors (Lipinski definition) is 1. The van der Waals surface area contributed by atoms with E-state index in [2.05, 4.69) is 0 Å². The highest BCUT2D eigenvalue weighted by Crippen LogP contribution is 2.42. The van der Waals surface area contributed by atoms with E-state index in [9.17, 15) is 23.2 Å². The minimum Gasteiger partial charge on any atom is -0.619 e. The number of aromatic nitrogens is 1. The standard InChI is InChI=1S/C16H9ClF3NO5/c17-11-5-8-4-10(15(22)23)14(16(18,19)20)26-12(8)6-13(11)25-9-2-1-3-21(24)7-9/h1-7,14H,(H,22,23). The van der Waals surface area contributed by atoms with Gasteiger partial charge in [-0.15, -0.1) is 0 Å². The first-order chi connectivity index (χ1) is 12.1. The molecular formula is C16H9ClF3NO5. The van der Waals surface area contributed by atoms with E-state index in [1.165, 1.54) is 24.4 Å². The number of nitrogens with zero attached hydrogens (tertiary/aromatic N) is 1. The molecule has 26 heavy (non-hydrogen) atoms. The Morgan fingerprint density at radius 2 is 2.12 bits per heavy atom. The summed E-state index contributed by atoms with van der Waals surface area (Å²) in [6.45, 7) is 0. The summed E-state index contributed by atoms with van der Waals surface area (Å²) in [4.78, 5) is 11.1. The monoisotopic (exact) mass is 387 g/mol. The Balaban J connectivity index is 2.01. The van der Waals surface area contributed by atoms with Crippen LogP contribution in [0, 0.1) is 5.21 Å². The maximum atomic E-state index is 13.1. The number of carbonyl (C=O) groups is 1. The van der Waals surface area contributed by atoms with Gasteiger partial charge >= 0.3 is 12.1 Å². The van der Waals surface area contributed by atoms with Crippen LogP contribution in [0.15, 0.2) is 42.2 Å². The van der Waals surface area contributed by atoms with Crippen LogP contribution in [0.25, 0.3) is 6.08 Å². The molecule has 0 spiro atoms. The largest absolute Gasteiger partial charge is 0.619 e. The van der Waals surface area contributed by atoms with E-state index in [0.29, 0.717) is 4.73 Å². The fourth-order valence-electron chi connectivity index (χ4n) is 2.32. The molecule has 0 amide bonds. The highest BCUT2D eigenvalue weighted by Gasteiger charge is 2.48. The smallest absolute Gasteiger partial charge is 0.430 e. The number of benzene rings is 1. The average molecular weight is 388 g/mol. The van der Waals surface area contributed by atoms with E-state index in [1.54, 1.807) is 0 Å². The molecule has 0 saturated carbocycles. The highest BCUT2D eigenvalue weighted by atomic mass is 35.5. The molecule has 2 heterocycles. The Bertz CT molecular complexity index is 913. The number of hydrogen-bond acceptors (Lipinski definition) is 4. The van der Waals surface area contributed by atoms with Gasteiger partial charge in [0.15, 0.2) is 11.9 Å². The van der Waals surface area contributed by atoms with Gasteiger partial charge in [-0.2, -0.15) is 17.9 Å². The molecular weight excluding hydrogens is 379 g/mol. The maximum Gasteiger partial charge on any atom is 0.430 e. The molecule has 1 atom stereocenters. The molecule has 0 aliphatic carbocycles. The van der Waals surface area contributed by atoms with E-state index in [0.717, 1.165) is 18.3 Å². The number of carboxylic acid groups (broad SMARTS) is 1. The summed E-state index contributed by atoms with van der Waals surface area (Å²) in [5.74, 6) is -1.94. The number of halogens is 4. The number of pyridine rings is 1. The van der Waals surface area contributed by atoms with Crippen LogP contribution in [0.4, 0.5) is 13.2 Å². The van der Waals surface area contributed by atoms with E-state index in [1.807, 2.05) is 0 Å². The van der Waals surface area contributed by atoms with Crippen molar-refractivity contribution in [2.45, 2.75) is 12.3 Å². The van der Waals surface area contributed by atoms with Crippen LogP contribution in [-0.2, 0) is 4.79 Å². The Morgan fingerprint density at radius 1 is 1.38 bits per heavy atom. The van der Waals surface area contributed by atoms with Gasteiger partial charge in [0.1, 0.15) is 11.5 Å². The van der Waals surface area contributed by atoms with Crippen molar-refractivity contribution in [3.63, 3.8) is 0 Å². The molecule has 1 N–H and O–H groups in total. The fraction of sp³-hybridized carbons (Fsp3) is 0.125. The molecule has 1 aromatic carbocycles. The maximum absolute atomic E-state index is 13.1. The zero-order chi connectivity index (χ0) is 19.1. The predicted octanol–water partition coefficient (Wildman–Crippen LogP) is 3.56. The van der Waals surface area contributed by atoms with Gasteiger partial charge in [-0.05, 0) is 18.2 Å². The van der Waals surface area contributed by atoms with Crippen LogP contribution in [-0.4, -0.2) is 23.4 Å². The third kappa shape index (κ3) is 3.52. The zero-order valence-corrected chi connectivity index (χ0v) is 13.4. The summed E-state index contributed by atoms with van der Waals surface area (Å²) in [7, 11) is 0. The first kappa shape index (κ1) is 17.9. The normalized spacial score (nSPS) is 16.3. The number of carboxylic acids is 1. The second kappa shape index (κ2) is 6.41. The van der Waals surface area contributed by atoms with Crippen LogP contribution in [0.3, 0.4) is 0 Å². The Labute approximate surface area is 149 Å². The van der Waals surface area contributed by atoms with Gasteiger partial charge < -0.3 is 19.8 Å². The quantitative estimate of drug-likeness (QED) is 0.643. The Morgan fingerprint density at radius 3 is 2.73 bits per heavy atom. The molecule has 0 fully saturated rings. The molecule has 0 saturated heterocycles. The van der Waals surface area contributed by atoms with Crippen molar-refractivity contribution < 1.29 is 37.3 Å². The van der Waals surface area contributed by atoms with Crippen molar-refractivity contribution in [2.24, 2.45) is 0 Å². The van der Waals surface area contributed by atoms with E-state index in [4.69, 9.17) is 26.2 Å². The molecule has 1 aliphatic heterocycles. The molecule has 10 heteroatoms. The van der Waals surface area contributed by atoms with Crippen molar-refractivity contribution in [3.05, 3.63) is 58.0 Å². The molecule has 0 radical (unpaired) electrons. The van der Waals surface area contributed by atoms with Crippen LogP contribution in [0.1, 0.15) is 5.56 Å². The van der Waals surface area contributed by atoms with Crippen LogP contribution in [0.2, 0.25) is 5.02 Å². The molecule has 3 rings (SSSR count). The lowest BCUT2D eigenvalue weighted by Gasteiger charge is -2.27. The van der Waals surface area contributed by atoms with Crippen LogP contribution in [0.5, 0.6) is 17.2 Å².